The van der Waals surface area contributed by atoms with Gasteiger partial charge in [0.05, 0.1) is 6.10 Å². The Morgan fingerprint density at radius 3 is 2.73 bits per heavy atom. The van der Waals surface area contributed by atoms with E-state index in [1.165, 1.54) is 0 Å². The summed E-state index contributed by atoms with van der Waals surface area (Å²) in [6.45, 7) is 5.31. The molecule has 0 saturated carbocycles. The fourth-order valence-electron chi connectivity index (χ4n) is 1.48. The van der Waals surface area contributed by atoms with Gasteiger partial charge in [-0.3, -0.25) is 4.79 Å². The predicted molar refractivity (Wildman–Crippen MR) is 42.0 cm³/mol. The number of likely N-dealkylation sites (tertiary alicyclic amines) is 1. The van der Waals surface area contributed by atoms with E-state index >= 15 is 0 Å². The highest BCUT2D eigenvalue weighted by molar-refractivity contribution is 5.47. The minimum absolute atomic E-state index is 0.140. The van der Waals surface area contributed by atoms with Gasteiger partial charge in [0.25, 0.3) is 0 Å². The van der Waals surface area contributed by atoms with Crippen LogP contribution in [-0.4, -0.2) is 35.6 Å². The van der Waals surface area contributed by atoms with E-state index in [-0.39, 0.29) is 11.5 Å². The van der Waals surface area contributed by atoms with Crippen LogP contribution in [0.15, 0.2) is 0 Å². The Kier molecular flexibility index (Phi) is 2.18. The maximum atomic E-state index is 10.4. The highest BCUT2D eigenvalue weighted by Crippen LogP contribution is 2.27. The van der Waals surface area contributed by atoms with E-state index in [4.69, 9.17) is 0 Å². The van der Waals surface area contributed by atoms with E-state index in [0.29, 0.717) is 19.5 Å². The van der Waals surface area contributed by atoms with Crippen molar-refractivity contribution in [3.8, 4) is 0 Å². The normalized spacial score (nSPS) is 30.1. The Balaban J connectivity index is 2.58. The average molecular weight is 157 g/mol. The van der Waals surface area contributed by atoms with Crippen LogP contribution < -0.4 is 0 Å². The third-order valence-electron chi connectivity index (χ3n) is 2.35. The summed E-state index contributed by atoms with van der Waals surface area (Å²) in [5, 5.41) is 9.51. The third-order valence-corrected chi connectivity index (χ3v) is 2.35. The highest BCUT2D eigenvalue weighted by atomic mass is 16.3. The van der Waals surface area contributed by atoms with Crippen LogP contribution >= 0.6 is 0 Å². The minimum Gasteiger partial charge on any atom is -0.392 e. The van der Waals surface area contributed by atoms with Crippen LogP contribution in [0.25, 0.3) is 0 Å². The monoisotopic (exact) mass is 157 g/mol. The van der Waals surface area contributed by atoms with Crippen LogP contribution in [0.5, 0.6) is 0 Å². The Morgan fingerprint density at radius 2 is 2.27 bits per heavy atom. The summed E-state index contributed by atoms with van der Waals surface area (Å²) < 4.78 is 0. The SMILES string of the molecule is CC1(C)CN(C=O)CCC1O. The molecular formula is C8H15NO2. The molecule has 1 rings (SSSR count). The summed E-state index contributed by atoms with van der Waals surface area (Å²) in [6, 6.07) is 0. The van der Waals surface area contributed by atoms with E-state index in [1.54, 1.807) is 4.90 Å². The number of carbonyl (C=O) groups is 1. The molecule has 1 fully saturated rings. The van der Waals surface area contributed by atoms with E-state index < -0.39 is 0 Å². The largest absolute Gasteiger partial charge is 0.392 e. The molecule has 0 bridgehead atoms. The van der Waals surface area contributed by atoms with Gasteiger partial charge in [-0.15, -0.1) is 0 Å². The molecule has 11 heavy (non-hydrogen) atoms. The van der Waals surface area contributed by atoms with Crippen LogP contribution in [0.4, 0.5) is 0 Å². The zero-order chi connectivity index (χ0) is 8.48. The summed E-state index contributed by atoms with van der Waals surface area (Å²) in [6.07, 6.45) is 1.29. The molecule has 1 aliphatic rings. The van der Waals surface area contributed by atoms with Gasteiger partial charge in [0, 0.05) is 18.5 Å². The Labute approximate surface area is 67.0 Å². The molecule has 1 amide bonds. The van der Waals surface area contributed by atoms with Gasteiger partial charge in [-0.05, 0) is 6.42 Å². The maximum absolute atomic E-state index is 10.4. The molecule has 0 aromatic heterocycles. The molecule has 0 aliphatic carbocycles. The van der Waals surface area contributed by atoms with Gasteiger partial charge in [-0.2, -0.15) is 0 Å². The van der Waals surface area contributed by atoms with Crippen molar-refractivity contribution in [2.24, 2.45) is 5.41 Å². The molecule has 1 aliphatic heterocycles. The molecule has 1 saturated heterocycles. The number of nitrogens with zero attached hydrogens (tertiary/aromatic N) is 1. The average Bonchev–Trinajstić information content (AvgIpc) is 1.95. The van der Waals surface area contributed by atoms with Crippen LogP contribution in [0, 0.1) is 5.41 Å². The summed E-state index contributed by atoms with van der Waals surface area (Å²) in [4.78, 5) is 12.1. The van der Waals surface area contributed by atoms with Crippen molar-refractivity contribution < 1.29 is 9.90 Å². The molecule has 1 N–H and O–H groups in total. The van der Waals surface area contributed by atoms with Gasteiger partial charge in [0.2, 0.25) is 6.41 Å². The van der Waals surface area contributed by atoms with Gasteiger partial charge < -0.3 is 10.0 Å². The lowest BCUT2D eigenvalue weighted by molar-refractivity contribution is -0.124. The number of hydrogen-bond acceptors (Lipinski definition) is 2. The fraction of sp³-hybridized carbons (Fsp3) is 0.875. The second-order valence-corrected chi connectivity index (χ2v) is 3.87. The molecule has 3 nitrogen and oxygen atoms in total. The molecule has 0 spiro atoms. The summed E-state index contributed by atoms with van der Waals surface area (Å²) in [5.41, 5.74) is -0.140. The smallest absolute Gasteiger partial charge is 0.209 e. The molecular weight excluding hydrogens is 142 g/mol. The van der Waals surface area contributed by atoms with Crippen molar-refractivity contribution >= 4 is 6.41 Å². The first-order chi connectivity index (χ1) is 5.06. The number of hydrogen-bond donors (Lipinski definition) is 1. The second-order valence-electron chi connectivity index (χ2n) is 3.87. The first-order valence-electron chi connectivity index (χ1n) is 3.94. The number of amides is 1. The van der Waals surface area contributed by atoms with Crippen LogP contribution in [0.2, 0.25) is 0 Å². The van der Waals surface area contributed by atoms with Gasteiger partial charge in [0.15, 0.2) is 0 Å². The van der Waals surface area contributed by atoms with E-state index in [1.807, 2.05) is 13.8 Å². The molecule has 0 aromatic carbocycles. The third kappa shape index (κ3) is 1.71. The predicted octanol–water partition coefficient (Wildman–Crippen LogP) is 0.236. The Hall–Kier alpha value is -0.570. The first-order valence-corrected chi connectivity index (χ1v) is 3.94. The number of piperidine rings is 1. The zero-order valence-electron chi connectivity index (χ0n) is 7.08. The number of carbonyl (C=O) groups excluding carboxylic acids is 1. The minimum atomic E-state index is -0.265. The van der Waals surface area contributed by atoms with E-state index in [2.05, 4.69) is 0 Å². The molecule has 0 aromatic rings. The van der Waals surface area contributed by atoms with Crippen molar-refractivity contribution in [2.45, 2.75) is 26.4 Å². The van der Waals surface area contributed by atoms with Crippen molar-refractivity contribution in [3.05, 3.63) is 0 Å². The van der Waals surface area contributed by atoms with Crippen molar-refractivity contribution in [1.82, 2.24) is 4.90 Å². The van der Waals surface area contributed by atoms with Gasteiger partial charge in [-0.1, -0.05) is 13.8 Å². The topological polar surface area (TPSA) is 40.5 Å². The molecule has 64 valence electrons. The van der Waals surface area contributed by atoms with Crippen molar-refractivity contribution in [1.29, 1.82) is 0 Å². The fourth-order valence-corrected chi connectivity index (χ4v) is 1.48. The van der Waals surface area contributed by atoms with Crippen LogP contribution in [0.1, 0.15) is 20.3 Å². The Morgan fingerprint density at radius 1 is 1.64 bits per heavy atom. The van der Waals surface area contributed by atoms with Gasteiger partial charge >= 0.3 is 0 Å². The van der Waals surface area contributed by atoms with Crippen molar-refractivity contribution in [2.75, 3.05) is 13.1 Å². The first kappa shape index (κ1) is 8.53. The van der Waals surface area contributed by atoms with Gasteiger partial charge in [-0.25, -0.2) is 0 Å². The quantitative estimate of drug-likeness (QED) is 0.554. The van der Waals surface area contributed by atoms with Crippen LogP contribution in [-0.2, 0) is 4.79 Å². The molecule has 1 heterocycles. The Bertz CT molecular complexity index is 156. The van der Waals surface area contributed by atoms with E-state index in [9.17, 15) is 9.90 Å². The second kappa shape index (κ2) is 2.81. The lowest BCUT2D eigenvalue weighted by atomic mass is 9.81. The molecule has 0 radical (unpaired) electrons. The summed E-state index contributed by atoms with van der Waals surface area (Å²) in [5.74, 6) is 0. The number of aliphatic hydroxyl groups is 1. The van der Waals surface area contributed by atoms with Crippen molar-refractivity contribution in [3.63, 3.8) is 0 Å². The number of aliphatic hydroxyl groups excluding tert-OH is 1. The molecule has 3 heteroatoms. The lowest BCUT2D eigenvalue weighted by Gasteiger charge is -2.40. The van der Waals surface area contributed by atoms with Crippen LogP contribution in [0.3, 0.4) is 0 Å². The summed E-state index contributed by atoms with van der Waals surface area (Å²) in [7, 11) is 0. The van der Waals surface area contributed by atoms with Gasteiger partial charge in [0.1, 0.15) is 0 Å². The maximum Gasteiger partial charge on any atom is 0.209 e. The zero-order valence-corrected chi connectivity index (χ0v) is 7.08. The summed E-state index contributed by atoms with van der Waals surface area (Å²) >= 11 is 0. The molecule has 1 atom stereocenters. The van der Waals surface area contributed by atoms with E-state index in [0.717, 1.165) is 6.41 Å². The highest BCUT2D eigenvalue weighted by Gasteiger charge is 2.33. The molecule has 1 unspecified atom stereocenters. The lowest BCUT2D eigenvalue weighted by Crippen LogP contribution is -2.47. The standard InChI is InChI=1S/C8H15NO2/c1-8(2)5-9(6-10)4-3-7(8)11/h6-7,11H,3-5H2,1-2H3. The number of rotatable bonds is 1.